The van der Waals surface area contributed by atoms with Crippen molar-refractivity contribution in [3.05, 3.63) is 60.2 Å². The minimum Gasteiger partial charge on any atom is -0.366 e. The SMILES string of the molecule is O=C(CN1CCCN(S(=O)(=O)c2ccc(F)cc2)CC1)N1CCN(c2ccccc2F)CC1. The predicted molar refractivity (Wildman–Crippen MR) is 121 cm³/mol. The number of halogens is 2. The maximum atomic E-state index is 14.0. The highest BCUT2D eigenvalue weighted by Gasteiger charge is 2.29. The fourth-order valence-electron chi connectivity index (χ4n) is 4.30. The van der Waals surface area contributed by atoms with Gasteiger partial charge >= 0.3 is 0 Å². The molecule has 0 aromatic heterocycles. The number of hydrogen-bond donors (Lipinski definition) is 0. The lowest BCUT2D eigenvalue weighted by Gasteiger charge is -2.37. The molecule has 0 aliphatic carbocycles. The Hall–Kier alpha value is -2.56. The molecule has 0 unspecified atom stereocenters. The Balaban J connectivity index is 1.29. The van der Waals surface area contributed by atoms with Gasteiger partial charge < -0.3 is 9.80 Å². The monoisotopic (exact) mass is 478 g/mol. The summed E-state index contributed by atoms with van der Waals surface area (Å²) in [5.41, 5.74) is 0.555. The molecule has 1 amide bonds. The van der Waals surface area contributed by atoms with Crippen LogP contribution in [0, 0.1) is 11.6 Å². The molecule has 2 saturated heterocycles. The number of nitrogens with zero attached hydrogens (tertiary/aromatic N) is 4. The number of sulfonamides is 1. The van der Waals surface area contributed by atoms with Crippen LogP contribution in [0.5, 0.6) is 0 Å². The van der Waals surface area contributed by atoms with Crippen molar-refractivity contribution in [2.75, 3.05) is 63.8 Å². The molecule has 0 bridgehead atoms. The van der Waals surface area contributed by atoms with E-state index >= 15 is 0 Å². The highest BCUT2D eigenvalue weighted by molar-refractivity contribution is 7.89. The van der Waals surface area contributed by atoms with Crippen molar-refractivity contribution in [3.8, 4) is 0 Å². The van der Waals surface area contributed by atoms with Crippen molar-refractivity contribution in [2.45, 2.75) is 11.3 Å². The third kappa shape index (κ3) is 5.51. The lowest BCUT2D eigenvalue weighted by molar-refractivity contribution is -0.132. The van der Waals surface area contributed by atoms with Crippen molar-refractivity contribution < 1.29 is 22.0 Å². The van der Waals surface area contributed by atoms with E-state index in [-0.39, 0.29) is 29.7 Å². The van der Waals surface area contributed by atoms with Crippen LogP contribution < -0.4 is 4.90 Å². The van der Waals surface area contributed by atoms with Gasteiger partial charge in [0.1, 0.15) is 11.6 Å². The first kappa shape index (κ1) is 23.6. The maximum Gasteiger partial charge on any atom is 0.243 e. The molecule has 0 N–H and O–H groups in total. The molecule has 33 heavy (non-hydrogen) atoms. The number of carbonyl (C=O) groups is 1. The van der Waals surface area contributed by atoms with E-state index in [1.54, 1.807) is 23.1 Å². The quantitative estimate of drug-likeness (QED) is 0.658. The predicted octanol–water partition coefficient (Wildman–Crippen LogP) is 2.01. The lowest BCUT2D eigenvalue weighted by atomic mass is 10.2. The topological polar surface area (TPSA) is 64.2 Å². The molecule has 2 aromatic carbocycles. The molecule has 0 spiro atoms. The number of rotatable bonds is 5. The third-order valence-corrected chi connectivity index (χ3v) is 8.10. The van der Waals surface area contributed by atoms with Crippen LogP contribution in [0.25, 0.3) is 0 Å². The van der Waals surface area contributed by atoms with Crippen LogP contribution in [0.1, 0.15) is 6.42 Å². The molecule has 4 rings (SSSR count). The third-order valence-electron chi connectivity index (χ3n) is 6.18. The van der Waals surface area contributed by atoms with E-state index in [0.29, 0.717) is 57.9 Å². The number of hydrogen-bond acceptors (Lipinski definition) is 5. The standard InChI is InChI=1S/C23H28F2N4O3S/c24-19-6-8-20(9-7-19)33(31,32)29-11-3-10-26(12-17-29)18-23(30)28-15-13-27(14-16-28)22-5-2-1-4-21(22)25/h1-2,4-9H,3,10-18H2. The second-order valence-electron chi connectivity index (χ2n) is 8.31. The van der Waals surface area contributed by atoms with Crippen LogP contribution >= 0.6 is 0 Å². The van der Waals surface area contributed by atoms with Gasteiger partial charge in [0.2, 0.25) is 15.9 Å². The molecule has 2 fully saturated rings. The van der Waals surface area contributed by atoms with Crippen LogP contribution in [-0.2, 0) is 14.8 Å². The summed E-state index contributed by atoms with van der Waals surface area (Å²) >= 11 is 0. The number of carbonyl (C=O) groups excluding carboxylic acids is 1. The van der Waals surface area contributed by atoms with Crippen molar-refractivity contribution >= 4 is 21.6 Å². The van der Waals surface area contributed by atoms with E-state index in [2.05, 4.69) is 0 Å². The van der Waals surface area contributed by atoms with E-state index < -0.39 is 15.8 Å². The molecule has 2 aliphatic rings. The zero-order chi connectivity index (χ0) is 23.4. The second-order valence-corrected chi connectivity index (χ2v) is 10.2. The summed E-state index contributed by atoms with van der Waals surface area (Å²) in [6.45, 7) is 4.09. The van der Waals surface area contributed by atoms with Gasteiger partial charge in [0.25, 0.3) is 0 Å². The van der Waals surface area contributed by atoms with Crippen molar-refractivity contribution in [1.29, 1.82) is 0 Å². The van der Waals surface area contributed by atoms with Gasteiger partial charge in [-0.15, -0.1) is 0 Å². The maximum absolute atomic E-state index is 14.0. The molecule has 10 heteroatoms. The fraction of sp³-hybridized carbons (Fsp3) is 0.435. The molecule has 2 aromatic rings. The Labute approximate surface area is 193 Å². The number of benzene rings is 2. The Morgan fingerprint density at radius 1 is 0.818 bits per heavy atom. The minimum atomic E-state index is -3.70. The lowest BCUT2D eigenvalue weighted by Crippen LogP contribution is -2.51. The van der Waals surface area contributed by atoms with Crippen molar-refractivity contribution in [3.63, 3.8) is 0 Å². The molecule has 0 radical (unpaired) electrons. The number of piperazine rings is 1. The van der Waals surface area contributed by atoms with Crippen LogP contribution in [0.4, 0.5) is 14.5 Å². The average Bonchev–Trinajstić information content (AvgIpc) is 3.06. The summed E-state index contributed by atoms with van der Waals surface area (Å²) in [5, 5.41) is 0. The molecular weight excluding hydrogens is 450 g/mol. The highest BCUT2D eigenvalue weighted by Crippen LogP contribution is 2.21. The molecular formula is C23H28F2N4O3S. The first-order chi connectivity index (χ1) is 15.8. The molecule has 178 valence electrons. The highest BCUT2D eigenvalue weighted by atomic mass is 32.2. The van der Waals surface area contributed by atoms with E-state index in [9.17, 15) is 22.0 Å². The van der Waals surface area contributed by atoms with Gasteiger partial charge in [0.15, 0.2) is 0 Å². The Kier molecular flexibility index (Phi) is 7.26. The summed E-state index contributed by atoms with van der Waals surface area (Å²) in [5.74, 6) is -0.746. The van der Waals surface area contributed by atoms with E-state index in [4.69, 9.17) is 0 Å². The van der Waals surface area contributed by atoms with Crippen LogP contribution in [-0.4, -0.2) is 87.3 Å². The zero-order valence-corrected chi connectivity index (χ0v) is 19.2. The van der Waals surface area contributed by atoms with Gasteiger partial charge in [-0.2, -0.15) is 4.31 Å². The molecule has 2 heterocycles. The molecule has 0 atom stereocenters. The van der Waals surface area contributed by atoms with Gasteiger partial charge in [0, 0.05) is 45.8 Å². The van der Waals surface area contributed by atoms with E-state index in [0.717, 1.165) is 12.1 Å². The first-order valence-electron chi connectivity index (χ1n) is 11.1. The molecule has 0 saturated carbocycles. The number of para-hydroxylation sites is 1. The van der Waals surface area contributed by atoms with Crippen molar-refractivity contribution in [1.82, 2.24) is 14.1 Å². The summed E-state index contributed by atoms with van der Waals surface area (Å²) in [6.07, 6.45) is 0.606. The second kappa shape index (κ2) is 10.1. The minimum absolute atomic E-state index is 0.00183. The summed E-state index contributed by atoms with van der Waals surface area (Å²) in [4.78, 5) is 18.6. The van der Waals surface area contributed by atoms with Gasteiger partial charge in [0.05, 0.1) is 17.1 Å². The van der Waals surface area contributed by atoms with Gasteiger partial charge in [-0.1, -0.05) is 12.1 Å². The molecule has 7 nitrogen and oxygen atoms in total. The Morgan fingerprint density at radius 3 is 2.21 bits per heavy atom. The van der Waals surface area contributed by atoms with Gasteiger partial charge in [-0.05, 0) is 49.4 Å². The largest absolute Gasteiger partial charge is 0.366 e. The Bertz CT molecular complexity index is 1070. The fourth-order valence-corrected chi connectivity index (χ4v) is 5.77. The van der Waals surface area contributed by atoms with Crippen LogP contribution in [0.2, 0.25) is 0 Å². The number of anilines is 1. The van der Waals surface area contributed by atoms with E-state index in [1.807, 2.05) is 9.80 Å². The van der Waals surface area contributed by atoms with Gasteiger partial charge in [-0.25, -0.2) is 17.2 Å². The van der Waals surface area contributed by atoms with E-state index in [1.165, 1.54) is 22.5 Å². The Morgan fingerprint density at radius 2 is 1.52 bits per heavy atom. The van der Waals surface area contributed by atoms with Crippen LogP contribution in [0.3, 0.4) is 0 Å². The zero-order valence-electron chi connectivity index (χ0n) is 18.4. The summed E-state index contributed by atoms with van der Waals surface area (Å²) < 4.78 is 54.3. The number of amides is 1. The van der Waals surface area contributed by atoms with Gasteiger partial charge in [-0.3, -0.25) is 9.69 Å². The van der Waals surface area contributed by atoms with Crippen LogP contribution in [0.15, 0.2) is 53.4 Å². The smallest absolute Gasteiger partial charge is 0.243 e. The summed E-state index contributed by atoms with van der Waals surface area (Å²) in [6, 6.07) is 11.5. The average molecular weight is 479 g/mol. The molecule has 2 aliphatic heterocycles. The van der Waals surface area contributed by atoms with Crippen molar-refractivity contribution in [2.24, 2.45) is 0 Å². The normalized spacial score (nSPS) is 18.8. The first-order valence-corrected chi connectivity index (χ1v) is 12.5. The summed E-state index contributed by atoms with van der Waals surface area (Å²) in [7, 11) is -3.70.